The maximum absolute atomic E-state index is 10.7. The molecule has 0 atom stereocenters. The van der Waals surface area contributed by atoms with Gasteiger partial charge >= 0.3 is 17.9 Å². The summed E-state index contributed by atoms with van der Waals surface area (Å²) in [5, 5.41) is 26.2. The SMILES string of the molecule is CC(=CCCCCCCCCCCC(C(=O)O)C(=O)O)C(=O)O. The van der Waals surface area contributed by atoms with E-state index in [9.17, 15) is 14.4 Å². The summed E-state index contributed by atoms with van der Waals surface area (Å²) in [4.78, 5) is 32.0. The summed E-state index contributed by atoms with van der Waals surface area (Å²) in [5.74, 6) is -4.66. The fourth-order valence-electron chi connectivity index (χ4n) is 2.31. The van der Waals surface area contributed by atoms with Crippen LogP contribution in [0.1, 0.15) is 71.1 Å². The predicted molar refractivity (Wildman–Crippen MR) is 86.3 cm³/mol. The van der Waals surface area contributed by atoms with E-state index in [-0.39, 0.29) is 6.42 Å². The molecule has 0 rings (SSSR count). The molecule has 0 spiro atoms. The molecule has 0 saturated carbocycles. The van der Waals surface area contributed by atoms with E-state index in [0.717, 1.165) is 51.4 Å². The molecular formula is C17H28O6. The summed E-state index contributed by atoms with van der Waals surface area (Å²) in [5.41, 5.74) is 0.394. The van der Waals surface area contributed by atoms with Gasteiger partial charge in [0.25, 0.3) is 0 Å². The average Bonchev–Trinajstić information content (AvgIpc) is 2.47. The van der Waals surface area contributed by atoms with E-state index in [2.05, 4.69) is 0 Å². The van der Waals surface area contributed by atoms with Crippen LogP contribution in [0.5, 0.6) is 0 Å². The van der Waals surface area contributed by atoms with Gasteiger partial charge in [0.2, 0.25) is 0 Å². The van der Waals surface area contributed by atoms with Crippen LogP contribution in [-0.4, -0.2) is 33.2 Å². The highest BCUT2D eigenvalue weighted by Crippen LogP contribution is 2.14. The summed E-state index contributed by atoms with van der Waals surface area (Å²) in [6, 6.07) is 0. The number of carboxylic acids is 3. The maximum Gasteiger partial charge on any atom is 0.330 e. The zero-order chi connectivity index (χ0) is 17.7. The molecule has 132 valence electrons. The number of aliphatic carboxylic acids is 3. The van der Waals surface area contributed by atoms with Gasteiger partial charge in [-0.3, -0.25) is 9.59 Å². The second-order valence-corrected chi connectivity index (χ2v) is 5.83. The Morgan fingerprint density at radius 2 is 1.22 bits per heavy atom. The van der Waals surface area contributed by atoms with Crippen LogP contribution in [0.15, 0.2) is 11.6 Å². The van der Waals surface area contributed by atoms with E-state index >= 15 is 0 Å². The lowest BCUT2D eigenvalue weighted by molar-refractivity contribution is -0.154. The first-order valence-electron chi connectivity index (χ1n) is 8.22. The minimum atomic E-state index is -1.28. The highest BCUT2D eigenvalue weighted by molar-refractivity contribution is 5.92. The molecule has 3 N–H and O–H groups in total. The lowest BCUT2D eigenvalue weighted by Crippen LogP contribution is -2.23. The summed E-state index contributed by atoms with van der Waals surface area (Å²) < 4.78 is 0. The van der Waals surface area contributed by atoms with Crippen LogP contribution in [0.25, 0.3) is 0 Å². The summed E-state index contributed by atoms with van der Waals surface area (Å²) in [7, 11) is 0. The van der Waals surface area contributed by atoms with Crippen molar-refractivity contribution in [3.63, 3.8) is 0 Å². The molecule has 0 bridgehead atoms. The van der Waals surface area contributed by atoms with Crippen LogP contribution in [0.3, 0.4) is 0 Å². The number of hydrogen-bond donors (Lipinski definition) is 3. The van der Waals surface area contributed by atoms with Gasteiger partial charge in [0, 0.05) is 5.57 Å². The minimum Gasteiger partial charge on any atom is -0.481 e. The molecule has 0 fully saturated rings. The first kappa shape index (κ1) is 21.1. The number of hydrogen-bond acceptors (Lipinski definition) is 3. The Balaban J connectivity index is 3.47. The third kappa shape index (κ3) is 11.4. The van der Waals surface area contributed by atoms with Gasteiger partial charge in [-0.15, -0.1) is 0 Å². The summed E-state index contributed by atoms with van der Waals surface area (Å²) in [6.45, 7) is 1.60. The van der Waals surface area contributed by atoms with Crippen molar-refractivity contribution in [3.05, 3.63) is 11.6 Å². The molecule has 6 nitrogen and oxygen atoms in total. The van der Waals surface area contributed by atoms with Gasteiger partial charge in [-0.25, -0.2) is 4.79 Å². The van der Waals surface area contributed by atoms with Crippen LogP contribution in [0, 0.1) is 5.92 Å². The summed E-state index contributed by atoms with van der Waals surface area (Å²) >= 11 is 0. The molecule has 0 aromatic heterocycles. The molecule has 0 radical (unpaired) electrons. The van der Waals surface area contributed by atoms with E-state index in [1.165, 1.54) is 0 Å². The number of carboxylic acid groups (broad SMARTS) is 3. The smallest absolute Gasteiger partial charge is 0.330 e. The number of carbonyl (C=O) groups is 3. The quantitative estimate of drug-likeness (QED) is 0.255. The molecule has 6 heteroatoms. The Hall–Kier alpha value is -1.85. The Morgan fingerprint density at radius 3 is 1.65 bits per heavy atom. The Morgan fingerprint density at radius 1 is 0.783 bits per heavy atom. The molecule has 0 aliphatic rings. The van der Waals surface area contributed by atoms with Crippen LogP contribution < -0.4 is 0 Å². The largest absolute Gasteiger partial charge is 0.481 e. The van der Waals surface area contributed by atoms with Crippen molar-refractivity contribution in [1.82, 2.24) is 0 Å². The lowest BCUT2D eigenvalue weighted by atomic mass is 10.00. The van der Waals surface area contributed by atoms with Gasteiger partial charge in [0.05, 0.1) is 0 Å². The number of unbranched alkanes of at least 4 members (excludes halogenated alkanes) is 8. The van der Waals surface area contributed by atoms with Gasteiger partial charge in [-0.2, -0.15) is 0 Å². The second kappa shape index (κ2) is 12.7. The van der Waals surface area contributed by atoms with Crippen molar-refractivity contribution >= 4 is 17.9 Å². The fourth-order valence-corrected chi connectivity index (χ4v) is 2.31. The van der Waals surface area contributed by atoms with Gasteiger partial charge in [0.15, 0.2) is 5.92 Å². The molecular weight excluding hydrogens is 300 g/mol. The average molecular weight is 328 g/mol. The van der Waals surface area contributed by atoms with Crippen LogP contribution >= 0.6 is 0 Å². The topological polar surface area (TPSA) is 112 Å². The first-order chi connectivity index (χ1) is 10.9. The van der Waals surface area contributed by atoms with Gasteiger partial charge in [-0.05, 0) is 26.2 Å². The number of rotatable bonds is 14. The van der Waals surface area contributed by atoms with Crippen molar-refractivity contribution in [3.8, 4) is 0 Å². The van der Waals surface area contributed by atoms with E-state index in [1.54, 1.807) is 13.0 Å². The zero-order valence-electron chi connectivity index (χ0n) is 13.8. The standard InChI is InChI=1S/C17H28O6/c1-13(15(18)19)11-9-7-5-3-2-4-6-8-10-12-14(16(20)21)17(22)23/h11,14H,2-10,12H2,1H3,(H,18,19)(H,20,21)(H,22,23). The minimum absolute atomic E-state index is 0.194. The Bertz CT molecular complexity index is 399. The molecule has 0 unspecified atom stereocenters. The van der Waals surface area contributed by atoms with E-state index in [4.69, 9.17) is 15.3 Å². The monoisotopic (exact) mass is 328 g/mol. The molecule has 0 aliphatic heterocycles. The van der Waals surface area contributed by atoms with E-state index in [1.807, 2.05) is 0 Å². The highest BCUT2D eigenvalue weighted by atomic mass is 16.4. The molecule has 0 aromatic carbocycles. The molecule has 0 heterocycles. The van der Waals surface area contributed by atoms with Crippen molar-refractivity contribution in [2.75, 3.05) is 0 Å². The molecule has 0 saturated heterocycles. The van der Waals surface area contributed by atoms with E-state index < -0.39 is 23.8 Å². The zero-order valence-corrected chi connectivity index (χ0v) is 13.8. The predicted octanol–water partition coefficient (Wildman–Crippen LogP) is 3.70. The van der Waals surface area contributed by atoms with Crippen molar-refractivity contribution in [2.45, 2.75) is 71.1 Å². The van der Waals surface area contributed by atoms with Crippen molar-refractivity contribution in [1.29, 1.82) is 0 Å². The third-order valence-electron chi connectivity index (χ3n) is 3.83. The van der Waals surface area contributed by atoms with Crippen LogP contribution in [-0.2, 0) is 14.4 Å². The molecule has 0 aromatic rings. The van der Waals surface area contributed by atoms with Crippen molar-refractivity contribution < 1.29 is 29.7 Å². The van der Waals surface area contributed by atoms with E-state index in [0.29, 0.717) is 12.0 Å². The first-order valence-corrected chi connectivity index (χ1v) is 8.22. The van der Waals surface area contributed by atoms with Crippen LogP contribution in [0.4, 0.5) is 0 Å². The molecule has 0 aliphatic carbocycles. The van der Waals surface area contributed by atoms with Gasteiger partial charge in [-0.1, -0.05) is 51.0 Å². The lowest BCUT2D eigenvalue weighted by Gasteiger charge is -2.06. The van der Waals surface area contributed by atoms with Crippen LogP contribution in [0.2, 0.25) is 0 Å². The van der Waals surface area contributed by atoms with Crippen molar-refractivity contribution in [2.24, 2.45) is 5.92 Å². The second-order valence-electron chi connectivity index (χ2n) is 5.83. The van der Waals surface area contributed by atoms with Gasteiger partial charge < -0.3 is 15.3 Å². The van der Waals surface area contributed by atoms with Gasteiger partial charge in [0.1, 0.15) is 0 Å². The summed E-state index contributed by atoms with van der Waals surface area (Å²) in [6.07, 6.45) is 10.6. The normalized spacial score (nSPS) is 11.7. The molecule has 23 heavy (non-hydrogen) atoms. The third-order valence-corrected chi connectivity index (χ3v) is 3.83. The Kier molecular flexibility index (Phi) is 11.7. The number of allylic oxidation sites excluding steroid dienone is 1. The molecule has 0 amide bonds. The highest BCUT2D eigenvalue weighted by Gasteiger charge is 2.24. The Labute approximate surface area is 137 Å². The maximum atomic E-state index is 10.7. The fraction of sp³-hybridized carbons (Fsp3) is 0.706.